The van der Waals surface area contributed by atoms with Crippen molar-refractivity contribution in [3.63, 3.8) is 0 Å². The third kappa shape index (κ3) is 5.48. The number of Topliss-reactive ketones (excluding diaryl/α,β-unsaturated/α-hetero) is 3. The summed E-state index contributed by atoms with van der Waals surface area (Å²) >= 11 is 0. The molecule has 0 spiro atoms. The molecule has 0 unspecified atom stereocenters. The van der Waals surface area contributed by atoms with Gasteiger partial charge < -0.3 is 15.0 Å². The first-order valence-electron chi connectivity index (χ1n) is 11.8. The van der Waals surface area contributed by atoms with Gasteiger partial charge >= 0.3 is 5.97 Å². The number of rotatable bonds is 9. The van der Waals surface area contributed by atoms with Crippen molar-refractivity contribution in [3.8, 4) is 0 Å². The van der Waals surface area contributed by atoms with Gasteiger partial charge in [-0.3, -0.25) is 28.8 Å². The summed E-state index contributed by atoms with van der Waals surface area (Å²) in [5.74, 6) is -8.75. The van der Waals surface area contributed by atoms with Gasteiger partial charge in [0.05, 0.1) is 23.8 Å². The number of para-hydroxylation sites is 1. The van der Waals surface area contributed by atoms with Gasteiger partial charge in [0.15, 0.2) is 11.6 Å². The summed E-state index contributed by atoms with van der Waals surface area (Å²) in [5.41, 5.74) is -0.805. The van der Waals surface area contributed by atoms with Gasteiger partial charge in [-0.25, -0.2) is 9.78 Å². The topological polar surface area (TPSA) is 169 Å². The smallest absolute Gasteiger partial charge is 0.375 e. The summed E-state index contributed by atoms with van der Waals surface area (Å²) < 4.78 is 4.43. The van der Waals surface area contributed by atoms with Crippen molar-refractivity contribution in [3.05, 3.63) is 106 Å². The lowest BCUT2D eigenvalue weighted by molar-refractivity contribution is -0.154. The van der Waals surface area contributed by atoms with E-state index in [1.165, 1.54) is 43.3 Å². The minimum absolute atomic E-state index is 0.00592. The summed E-state index contributed by atoms with van der Waals surface area (Å²) in [5, 5.41) is 2.25. The van der Waals surface area contributed by atoms with Crippen LogP contribution in [-0.4, -0.2) is 52.1 Å². The number of esters is 1. The molecule has 1 aromatic heterocycles. The van der Waals surface area contributed by atoms with Crippen molar-refractivity contribution in [1.29, 1.82) is 0 Å². The molecule has 4 rings (SSSR count). The number of ketones is 4. The normalized spacial score (nSPS) is 11.3. The number of carbonyl (C=O) groups is 6. The summed E-state index contributed by atoms with van der Waals surface area (Å²) in [7, 11) is 0.897. The van der Waals surface area contributed by atoms with Crippen molar-refractivity contribution < 1.29 is 33.5 Å². The fourth-order valence-electron chi connectivity index (χ4n) is 3.99. The second kappa shape index (κ2) is 11.4. The Kier molecular flexibility index (Phi) is 7.85. The largest absolute Gasteiger partial charge is 0.463 e. The van der Waals surface area contributed by atoms with Gasteiger partial charge in [-0.15, -0.1) is 0 Å². The Balaban J connectivity index is 1.74. The van der Waals surface area contributed by atoms with Crippen LogP contribution in [-0.2, 0) is 23.9 Å². The molecule has 0 fully saturated rings. The molecular weight excluding hydrogens is 518 g/mol. The Morgan fingerprint density at radius 2 is 1.52 bits per heavy atom. The van der Waals surface area contributed by atoms with E-state index in [0.717, 1.165) is 7.11 Å². The first-order chi connectivity index (χ1) is 19.1. The molecule has 1 amide bonds. The molecule has 11 nitrogen and oxygen atoms in total. The zero-order chi connectivity index (χ0) is 29.0. The van der Waals surface area contributed by atoms with Crippen LogP contribution in [0.25, 0.3) is 11.0 Å². The zero-order valence-electron chi connectivity index (χ0n) is 21.2. The van der Waals surface area contributed by atoms with E-state index in [1.54, 1.807) is 36.4 Å². The number of anilines is 1. The Bertz CT molecular complexity index is 1760. The summed E-state index contributed by atoms with van der Waals surface area (Å²) in [6.45, 7) is 1.26. The Hall–Kier alpha value is -5.58. The lowest BCUT2D eigenvalue weighted by Crippen LogP contribution is -2.39. The third-order valence-corrected chi connectivity index (χ3v) is 5.98. The van der Waals surface area contributed by atoms with Gasteiger partial charge in [0, 0.05) is 16.7 Å². The summed E-state index contributed by atoms with van der Waals surface area (Å²) in [4.78, 5) is 95.4. The van der Waals surface area contributed by atoms with Gasteiger partial charge in [-0.2, -0.15) is 0 Å². The maximum Gasteiger partial charge on any atom is 0.375 e. The van der Waals surface area contributed by atoms with Crippen LogP contribution in [0.1, 0.15) is 44.8 Å². The standard InChI is InChI=1S/C29H21N3O8/c1-15(33)18-10-6-7-11-19(18)31-28(38)25(35)22(26(36)29(39)40-2)23-27(37)32-21-14-17(12-13-20(21)30-23)24(34)16-8-4-3-5-9-16/h3-14,22H,1-2H3,(H,31,38)(H,32,37)/t22-/m0/s1. The molecule has 0 bridgehead atoms. The quantitative estimate of drug-likeness (QED) is 0.140. The van der Waals surface area contributed by atoms with Gasteiger partial charge in [0.1, 0.15) is 11.6 Å². The number of aromatic nitrogens is 2. The van der Waals surface area contributed by atoms with E-state index < -0.39 is 46.4 Å². The number of H-pyrrole nitrogens is 1. The average Bonchev–Trinajstić information content (AvgIpc) is 2.96. The van der Waals surface area contributed by atoms with Crippen LogP contribution in [0.3, 0.4) is 0 Å². The number of ether oxygens (including phenoxy) is 1. The van der Waals surface area contributed by atoms with Crippen LogP contribution in [0.15, 0.2) is 77.6 Å². The summed E-state index contributed by atoms with van der Waals surface area (Å²) in [6.07, 6.45) is 0. The maximum atomic E-state index is 13.2. The molecule has 0 saturated heterocycles. The number of amides is 1. The lowest BCUT2D eigenvalue weighted by Gasteiger charge is -2.14. The fourth-order valence-corrected chi connectivity index (χ4v) is 3.99. The molecule has 2 N–H and O–H groups in total. The van der Waals surface area contributed by atoms with E-state index in [2.05, 4.69) is 20.0 Å². The number of hydrogen-bond acceptors (Lipinski definition) is 9. The van der Waals surface area contributed by atoms with Crippen LogP contribution in [0.2, 0.25) is 0 Å². The van der Waals surface area contributed by atoms with E-state index in [1.807, 2.05) is 0 Å². The van der Waals surface area contributed by atoms with E-state index in [0.29, 0.717) is 5.56 Å². The van der Waals surface area contributed by atoms with E-state index in [9.17, 15) is 33.6 Å². The highest BCUT2D eigenvalue weighted by atomic mass is 16.5. The molecule has 0 radical (unpaired) electrons. The van der Waals surface area contributed by atoms with Crippen molar-refractivity contribution in [2.24, 2.45) is 0 Å². The Morgan fingerprint density at radius 3 is 2.20 bits per heavy atom. The van der Waals surface area contributed by atoms with E-state index >= 15 is 0 Å². The van der Waals surface area contributed by atoms with E-state index in [-0.39, 0.29) is 33.6 Å². The highest BCUT2D eigenvalue weighted by molar-refractivity contribution is 6.52. The number of hydrogen-bond donors (Lipinski definition) is 2. The van der Waals surface area contributed by atoms with Gasteiger partial charge in [-0.1, -0.05) is 42.5 Å². The number of carbonyl (C=O) groups excluding carboxylic acids is 6. The Labute approximate surface area is 226 Å². The van der Waals surface area contributed by atoms with Crippen LogP contribution in [0.5, 0.6) is 0 Å². The molecule has 11 heteroatoms. The molecule has 3 aromatic carbocycles. The maximum absolute atomic E-state index is 13.2. The van der Waals surface area contributed by atoms with Crippen LogP contribution in [0, 0.1) is 0 Å². The molecule has 40 heavy (non-hydrogen) atoms. The molecule has 1 heterocycles. The predicted molar refractivity (Wildman–Crippen MR) is 142 cm³/mol. The van der Waals surface area contributed by atoms with Crippen molar-refractivity contribution in [2.45, 2.75) is 12.8 Å². The summed E-state index contributed by atoms with van der Waals surface area (Å²) in [6, 6.07) is 18.5. The van der Waals surface area contributed by atoms with Gasteiger partial charge in [0.25, 0.3) is 17.2 Å². The van der Waals surface area contributed by atoms with Crippen molar-refractivity contribution in [1.82, 2.24) is 9.97 Å². The number of nitrogens with zero attached hydrogens (tertiary/aromatic N) is 1. The number of fused-ring (bicyclic) bond motifs is 1. The lowest BCUT2D eigenvalue weighted by atomic mass is 9.93. The molecule has 1 atom stereocenters. The Morgan fingerprint density at radius 1 is 0.850 bits per heavy atom. The van der Waals surface area contributed by atoms with Crippen LogP contribution in [0.4, 0.5) is 5.69 Å². The van der Waals surface area contributed by atoms with Gasteiger partial charge in [-0.05, 0) is 37.3 Å². The first-order valence-corrected chi connectivity index (χ1v) is 11.8. The molecular formula is C29H21N3O8. The van der Waals surface area contributed by atoms with Crippen molar-refractivity contribution >= 4 is 51.7 Å². The SMILES string of the molecule is COC(=O)C(=O)[C@H](C(=O)C(=O)Nc1ccccc1C(C)=O)c1nc2ccc(C(=O)c3ccccc3)cc2[nH]c1=O. The van der Waals surface area contributed by atoms with Crippen molar-refractivity contribution in [2.75, 3.05) is 12.4 Å². The van der Waals surface area contributed by atoms with Gasteiger partial charge in [0.2, 0.25) is 5.78 Å². The molecule has 200 valence electrons. The number of aromatic amines is 1. The zero-order valence-corrected chi connectivity index (χ0v) is 21.2. The molecule has 0 saturated carbocycles. The minimum Gasteiger partial charge on any atom is -0.463 e. The molecule has 0 aliphatic rings. The van der Waals surface area contributed by atoms with Crippen LogP contribution >= 0.6 is 0 Å². The highest BCUT2D eigenvalue weighted by Gasteiger charge is 2.40. The third-order valence-electron chi connectivity index (χ3n) is 5.98. The number of benzene rings is 3. The average molecular weight is 540 g/mol. The monoisotopic (exact) mass is 539 g/mol. The first kappa shape index (κ1) is 27.5. The second-order valence-electron chi connectivity index (χ2n) is 8.59. The minimum atomic E-state index is -2.24. The fraction of sp³-hybridized carbons (Fsp3) is 0.103. The number of nitrogens with one attached hydrogen (secondary N) is 2. The highest BCUT2D eigenvalue weighted by Crippen LogP contribution is 2.21. The predicted octanol–water partition coefficient (Wildman–Crippen LogP) is 2.39. The second-order valence-corrected chi connectivity index (χ2v) is 8.59. The van der Waals surface area contributed by atoms with Crippen LogP contribution < -0.4 is 10.9 Å². The molecule has 0 aliphatic carbocycles. The molecule has 4 aromatic rings. The van der Waals surface area contributed by atoms with E-state index in [4.69, 9.17) is 0 Å². The number of methoxy groups -OCH3 is 1. The molecule has 0 aliphatic heterocycles.